The van der Waals surface area contributed by atoms with E-state index >= 15 is 0 Å². The molecule has 1 atom stereocenters. The van der Waals surface area contributed by atoms with Crippen molar-refractivity contribution >= 4 is 44.9 Å². The van der Waals surface area contributed by atoms with E-state index in [1.807, 2.05) is 43.3 Å². The van der Waals surface area contributed by atoms with Crippen molar-refractivity contribution in [2.45, 2.75) is 32.7 Å². The maximum atomic E-state index is 14.5. The number of ether oxygens (including phenoxy) is 3. The molecule has 5 aromatic rings. The number of methoxy groups -OCH3 is 2. The van der Waals surface area contributed by atoms with Gasteiger partial charge in [-0.1, -0.05) is 73.2 Å². The van der Waals surface area contributed by atoms with Crippen LogP contribution in [0.25, 0.3) is 27.6 Å². The third kappa shape index (κ3) is 5.02. The molecule has 7 nitrogen and oxygen atoms in total. The molecule has 218 valence electrons. The molecule has 0 aliphatic carbocycles. The van der Waals surface area contributed by atoms with E-state index < -0.39 is 12.0 Å². The van der Waals surface area contributed by atoms with Crippen molar-refractivity contribution in [2.24, 2.45) is 4.99 Å². The van der Waals surface area contributed by atoms with Crippen LogP contribution in [0.2, 0.25) is 0 Å². The van der Waals surface area contributed by atoms with Crippen molar-refractivity contribution in [1.29, 1.82) is 0 Å². The van der Waals surface area contributed by atoms with Crippen LogP contribution in [0.15, 0.2) is 93.9 Å². The quantitative estimate of drug-likeness (QED) is 0.166. The summed E-state index contributed by atoms with van der Waals surface area (Å²) in [4.78, 5) is 33.5. The Hall–Kier alpha value is -4.69. The minimum atomic E-state index is -0.812. The van der Waals surface area contributed by atoms with E-state index in [-0.39, 0.29) is 12.2 Å². The van der Waals surface area contributed by atoms with Crippen LogP contribution in [0.1, 0.15) is 43.9 Å². The standard InChI is InChI=1S/C35H32N2O5S/c1-5-11-28-31(34(39)42-6-2)32(27-19-23(40-3)16-17-29(27)41-4)37-33(38)30(43-35(37)36-28)20-26-24-14-9-7-12-21(24)18-22-13-8-10-15-25(22)26/h7-10,12-20,32H,5-6,11H2,1-4H3/b30-20-/t32-/m1/s1. The van der Waals surface area contributed by atoms with Crippen LogP contribution < -0.4 is 24.4 Å². The predicted octanol–water partition coefficient (Wildman–Crippen LogP) is 5.90. The van der Waals surface area contributed by atoms with E-state index in [4.69, 9.17) is 19.2 Å². The highest BCUT2D eigenvalue weighted by atomic mass is 32.1. The van der Waals surface area contributed by atoms with Gasteiger partial charge in [0.15, 0.2) is 4.80 Å². The number of carbonyl (C=O) groups is 1. The van der Waals surface area contributed by atoms with Crippen LogP contribution in [-0.4, -0.2) is 31.4 Å². The summed E-state index contributed by atoms with van der Waals surface area (Å²) in [6.07, 6.45) is 3.28. The van der Waals surface area contributed by atoms with Crippen LogP contribution in [0.3, 0.4) is 0 Å². The van der Waals surface area contributed by atoms with Crippen molar-refractivity contribution in [1.82, 2.24) is 4.57 Å². The Morgan fingerprint density at radius 1 is 0.953 bits per heavy atom. The van der Waals surface area contributed by atoms with Crippen molar-refractivity contribution in [2.75, 3.05) is 20.8 Å². The van der Waals surface area contributed by atoms with E-state index in [9.17, 15) is 9.59 Å². The third-order valence-corrected chi connectivity index (χ3v) is 8.69. The molecule has 1 aliphatic rings. The number of thiazole rings is 1. The lowest BCUT2D eigenvalue weighted by Crippen LogP contribution is -2.40. The first-order chi connectivity index (χ1) is 21.0. The summed E-state index contributed by atoms with van der Waals surface area (Å²) >= 11 is 1.32. The highest BCUT2D eigenvalue weighted by molar-refractivity contribution is 7.07. The van der Waals surface area contributed by atoms with Gasteiger partial charge in [-0.25, -0.2) is 9.79 Å². The second kappa shape index (κ2) is 11.9. The number of allylic oxidation sites excluding steroid dienone is 1. The molecular formula is C35H32N2O5S. The number of hydrogen-bond acceptors (Lipinski definition) is 7. The molecule has 0 radical (unpaired) electrons. The molecule has 4 aromatic carbocycles. The Labute approximate surface area is 253 Å². The molecule has 0 spiro atoms. The largest absolute Gasteiger partial charge is 0.497 e. The Bertz CT molecular complexity index is 2040. The van der Waals surface area contributed by atoms with Crippen LogP contribution in [-0.2, 0) is 9.53 Å². The molecule has 0 saturated carbocycles. The van der Waals surface area contributed by atoms with Crippen molar-refractivity contribution in [3.63, 3.8) is 0 Å². The number of fused-ring (bicyclic) bond motifs is 3. The lowest BCUT2D eigenvalue weighted by Gasteiger charge is -2.27. The maximum absolute atomic E-state index is 14.5. The van der Waals surface area contributed by atoms with Crippen LogP contribution in [0, 0.1) is 0 Å². The van der Waals surface area contributed by atoms with Crippen molar-refractivity contribution in [3.05, 3.63) is 115 Å². The van der Waals surface area contributed by atoms with Gasteiger partial charge >= 0.3 is 5.97 Å². The van der Waals surface area contributed by atoms with Gasteiger partial charge in [0.1, 0.15) is 17.5 Å². The molecule has 0 fully saturated rings. The summed E-state index contributed by atoms with van der Waals surface area (Å²) in [5.74, 6) is 0.608. The van der Waals surface area contributed by atoms with Crippen LogP contribution in [0.5, 0.6) is 11.5 Å². The lowest BCUT2D eigenvalue weighted by atomic mass is 9.93. The Morgan fingerprint density at radius 2 is 1.65 bits per heavy atom. The smallest absolute Gasteiger partial charge is 0.338 e. The molecule has 0 amide bonds. The molecule has 1 aromatic heterocycles. The topological polar surface area (TPSA) is 79.1 Å². The lowest BCUT2D eigenvalue weighted by molar-refractivity contribution is -0.139. The molecule has 0 bridgehead atoms. The van der Waals surface area contributed by atoms with Crippen LogP contribution in [0.4, 0.5) is 0 Å². The predicted molar refractivity (Wildman–Crippen MR) is 171 cm³/mol. The van der Waals surface area contributed by atoms with Gasteiger partial charge < -0.3 is 14.2 Å². The highest BCUT2D eigenvalue weighted by Gasteiger charge is 2.36. The number of aromatic nitrogens is 1. The summed E-state index contributed by atoms with van der Waals surface area (Å²) in [7, 11) is 3.15. The SMILES string of the molecule is CCCC1=C(C(=O)OCC)[C@@H](c2cc(OC)ccc2OC)n2c(s/c(=C\c3c4ccccc4cc4ccccc34)c2=O)=N1. The van der Waals surface area contributed by atoms with E-state index in [2.05, 4.69) is 30.3 Å². The maximum Gasteiger partial charge on any atom is 0.338 e. The molecule has 2 heterocycles. The Morgan fingerprint density at radius 3 is 2.28 bits per heavy atom. The van der Waals surface area contributed by atoms with Gasteiger partial charge in [-0.2, -0.15) is 0 Å². The number of nitrogens with zero attached hydrogens (tertiary/aromatic N) is 2. The van der Waals surface area contributed by atoms with Gasteiger partial charge in [0.05, 0.1) is 36.6 Å². The van der Waals surface area contributed by atoms with Gasteiger partial charge in [-0.3, -0.25) is 9.36 Å². The first kappa shape index (κ1) is 28.4. The minimum absolute atomic E-state index is 0.197. The number of hydrogen-bond donors (Lipinski definition) is 0. The van der Waals surface area contributed by atoms with Gasteiger partial charge in [0.25, 0.3) is 5.56 Å². The monoisotopic (exact) mass is 592 g/mol. The zero-order chi connectivity index (χ0) is 30.1. The summed E-state index contributed by atoms with van der Waals surface area (Å²) in [6.45, 7) is 4.00. The Balaban J connectivity index is 1.69. The highest BCUT2D eigenvalue weighted by Crippen LogP contribution is 2.39. The summed E-state index contributed by atoms with van der Waals surface area (Å²) in [5.41, 5.74) is 2.29. The molecule has 43 heavy (non-hydrogen) atoms. The van der Waals surface area contributed by atoms with E-state index in [0.29, 0.717) is 44.1 Å². The van der Waals surface area contributed by atoms with Gasteiger partial charge in [0, 0.05) is 5.56 Å². The molecule has 0 unspecified atom stereocenters. The Kier molecular flexibility index (Phi) is 7.86. The number of carbonyl (C=O) groups excluding carboxylic acids is 1. The second-order valence-electron chi connectivity index (χ2n) is 10.3. The second-order valence-corrected chi connectivity index (χ2v) is 11.3. The van der Waals surface area contributed by atoms with Crippen molar-refractivity contribution < 1.29 is 19.0 Å². The minimum Gasteiger partial charge on any atom is -0.497 e. The zero-order valence-electron chi connectivity index (χ0n) is 24.5. The first-order valence-corrected chi connectivity index (χ1v) is 15.1. The number of benzene rings is 4. The molecule has 0 saturated heterocycles. The van der Waals surface area contributed by atoms with Gasteiger partial charge in [0.2, 0.25) is 0 Å². The van der Waals surface area contributed by atoms with Crippen LogP contribution >= 0.6 is 11.3 Å². The van der Waals surface area contributed by atoms with Crippen molar-refractivity contribution in [3.8, 4) is 11.5 Å². The average Bonchev–Trinajstić information content (AvgIpc) is 3.34. The van der Waals surface area contributed by atoms with Gasteiger partial charge in [-0.15, -0.1) is 0 Å². The average molecular weight is 593 g/mol. The summed E-state index contributed by atoms with van der Waals surface area (Å²) < 4.78 is 19.0. The molecule has 1 aliphatic heterocycles. The van der Waals surface area contributed by atoms with Gasteiger partial charge in [-0.05, 0) is 70.8 Å². The third-order valence-electron chi connectivity index (χ3n) is 7.71. The summed E-state index contributed by atoms with van der Waals surface area (Å²) in [5, 5.41) is 4.29. The normalized spacial score (nSPS) is 15.0. The van der Waals surface area contributed by atoms with E-state index in [0.717, 1.165) is 33.5 Å². The first-order valence-electron chi connectivity index (χ1n) is 14.3. The molecular weight excluding hydrogens is 560 g/mol. The zero-order valence-corrected chi connectivity index (χ0v) is 25.4. The number of rotatable bonds is 8. The van der Waals surface area contributed by atoms with E-state index in [1.165, 1.54) is 11.3 Å². The molecule has 8 heteroatoms. The van der Waals surface area contributed by atoms with E-state index in [1.54, 1.807) is 37.8 Å². The number of esters is 1. The fraction of sp³-hybridized carbons (Fsp3) is 0.229. The summed E-state index contributed by atoms with van der Waals surface area (Å²) in [6, 6.07) is 23.1. The fourth-order valence-corrected chi connectivity index (χ4v) is 6.81. The molecule has 6 rings (SSSR count). The molecule has 0 N–H and O–H groups in total. The fourth-order valence-electron chi connectivity index (χ4n) is 5.80.